The largest absolute Gasteiger partial charge is 0.362 e. The van der Waals surface area contributed by atoms with Gasteiger partial charge in [0.1, 0.15) is 5.82 Å². The minimum Gasteiger partial charge on any atom is -0.362 e. The van der Waals surface area contributed by atoms with Crippen molar-refractivity contribution >= 4 is 33.3 Å². The van der Waals surface area contributed by atoms with Gasteiger partial charge in [-0.3, -0.25) is 0 Å². The van der Waals surface area contributed by atoms with Crippen LogP contribution in [0.5, 0.6) is 0 Å². The molecule has 1 N–H and O–H groups in total. The Bertz CT molecular complexity index is 389. The molecule has 0 unspecified atom stereocenters. The zero-order valence-corrected chi connectivity index (χ0v) is 12.4. The minimum atomic E-state index is 0.0309. The fraction of sp³-hybridized carbons (Fsp3) is 0.615. The normalized spacial score (nSPS) is 19.0. The topological polar surface area (TPSA) is 24.9 Å². The summed E-state index contributed by atoms with van der Waals surface area (Å²) in [6, 6.07) is 2.00. The highest BCUT2D eigenvalue weighted by atomic mass is 79.9. The van der Waals surface area contributed by atoms with Gasteiger partial charge in [-0.25, -0.2) is 4.98 Å². The van der Waals surface area contributed by atoms with Crippen LogP contribution in [0.1, 0.15) is 37.7 Å². The van der Waals surface area contributed by atoms with Crippen molar-refractivity contribution in [2.75, 3.05) is 11.2 Å². The number of pyridine rings is 1. The Morgan fingerprint density at radius 1 is 1.41 bits per heavy atom. The number of nitrogens with zero attached hydrogens (tertiary/aromatic N) is 1. The second kappa shape index (κ2) is 5.57. The summed E-state index contributed by atoms with van der Waals surface area (Å²) in [5.41, 5.74) is 1.23. The van der Waals surface area contributed by atoms with Crippen LogP contribution < -0.4 is 5.32 Å². The predicted molar refractivity (Wildman–Crippen MR) is 76.8 cm³/mol. The molecule has 1 aromatic rings. The molecule has 1 aliphatic carbocycles. The van der Waals surface area contributed by atoms with E-state index in [2.05, 4.69) is 33.2 Å². The quantitative estimate of drug-likeness (QED) is 0.830. The van der Waals surface area contributed by atoms with Crippen molar-refractivity contribution in [1.82, 2.24) is 4.98 Å². The van der Waals surface area contributed by atoms with Gasteiger partial charge in [0.15, 0.2) is 0 Å². The van der Waals surface area contributed by atoms with Crippen LogP contribution >= 0.6 is 27.5 Å². The molecule has 2 rings (SSSR count). The van der Waals surface area contributed by atoms with Crippen LogP contribution in [0, 0.1) is 6.92 Å². The van der Waals surface area contributed by atoms with Crippen molar-refractivity contribution in [3.63, 3.8) is 0 Å². The van der Waals surface area contributed by atoms with E-state index in [0.717, 1.165) is 23.1 Å². The lowest BCUT2D eigenvalue weighted by molar-refractivity contribution is 0.352. The smallest absolute Gasteiger partial charge is 0.141 e. The Morgan fingerprint density at radius 3 is 2.76 bits per heavy atom. The molecular formula is C13H18BrClN2. The second-order valence-corrected chi connectivity index (χ2v) is 5.95. The highest BCUT2D eigenvalue weighted by molar-refractivity contribution is 9.10. The highest BCUT2D eigenvalue weighted by Crippen LogP contribution is 2.34. The summed E-state index contributed by atoms with van der Waals surface area (Å²) in [7, 11) is 0. The maximum absolute atomic E-state index is 6.17. The minimum absolute atomic E-state index is 0.0309. The number of aryl methyl sites for hydroxylation is 1. The predicted octanol–water partition coefficient (Wildman–Crippen LogP) is 4.51. The fourth-order valence-corrected chi connectivity index (χ4v) is 3.07. The van der Waals surface area contributed by atoms with Gasteiger partial charge in [0.25, 0.3) is 0 Å². The van der Waals surface area contributed by atoms with Gasteiger partial charge in [-0.1, -0.05) is 19.3 Å². The molecule has 0 bridgehead atoms. The third kappa shape index (κ3) is 2.94. The van der Waals surface area contributed by atoms with Gasteiger partial charge in [-0.15, -0.1) is 11.6 Å². The van der Waals surface area contributed by atoms with Gasteiger partial charge in [0, 0.05) is 12.1 Å². The van der Waals surface area contributed by atoms with Crippen LogP contribution in [-0.4, -0.2) is 16.4 Å². The Labute approximate surface area is 116 Å². The van der Waals surface area contributed by atoms with Crippen molar-refractivity contribution in [2.45, 2.75) is 44.6 Å². The molecular weight excluding hydrogens is 300 g/mol. The van der Waals surface area contributed by atoms with Gasteiger partial charge in [-0.05, 0) is 47.3 Å². The van der Waals surface area contributed by atoms with Crippen LogP contribution in [-0.2, 0) is 0 Å². The van der Waals surface area contributed by atoms with Crippen LogP contribution in [0.2, 0.25) is 0 Å². The van der Waals surface area contributed by atoms with E-state index in [1.54, 1.807) is 0 Å². The maximum atomic E-state index is 6.17. The molecule has 0 atom stereocenters. The molecule has 2 nitrogen and oxygen atoms in total. The third-order valence-electron chi connectivity index (χ3n) is 3.53. The van der Waals surface area contributed by atoms with Crippen molar-refractivity contribution in [1.29, 1.82) is 0 Å². The van der Waals surface area contributed by atoms with Gasteiger partial charge < -0.3 is 5.32 Å². The van der Waals surface area contributed by atoms with E-state index in [0.29, 0.717) is 5.88 Å². The Morgan fingerprint density at radius 2 is 2.12 bits per heavy atom. The molecule has 0 amide bonds. The number of halogens is 2. The Balaban J connectivity index is 2.20. The number of aromatic nitrogens is 1. The number of rotatable bonds is 3. The number of anilines is 1. The lowest BCUT2D eigenvalue weighted by Crippen LogP contribution is -2.42. The SMILES string of the molecule is Cc1ccnc(NC2(CCl)CCCCC2)c1Br. The number of hydrogen-bond acceptors (Lipinski definition) is 2. The average Bonchev–Trinajstić information content (AvgIpc) is 2.36. The van der Waals surface area contributed by atoms with E-state index in [1.165, 1.54) is 24.8 Å². The molecule has 1 heterocycles. The molecule has 0 radical (unpaired) electrons. The molecule has 0 aromatic carbocycles. The Kier molecular flexibility index (Phi) is 4.31. The summed E-state index contributed by atoms with van der Waals surface area (Å²) in [6.45, 7) is 2.07. The van der Waals surface area contributed by atoms with Crippen molar-refractivity contribution in [3.05, 3.63) is 22.3 Å². The van der Waals surface area contributed by atoms with E-state index >= 15 is 0 Å². The lowest BCUT2D eigenvalue weighted by atomic mass is 9.83. The summed E-state index contributed by atoms with van der Waals surface area (Å²) in [5, 5.41) is 3.56. The first-order valence-electron chi connectivity index (χ1n) is 6.12. The van der Waals surface area contributed by atoms with E-state index in [4.69, 9.17) is 11.6 Å². The van der Waals surface area contributed by atoms with Gasteiger partial charge >= 0.3 is 0 Å². The number of alkyl halides is 1. The molecule has 1 saturated carbocycles. The zero-order chi connectivity index (χ0) is 12.3. The number of hydrogen-bond donors (Lipinski definition) is 1. The molecule has 4 heteroatoms. The monoisotopic (exact) mass is 316 g/mol. The number of nitrogens with one attached hydrogen (secondary N) is 1. The molecule has 0 saturated heterocycles. The molecule has 1 aromatic heterocycles. The first-order valence-corrected chi connectivity index (χ1v) is 7.45. The van der Waals surface area contributed by atoms with Crippen molar-refractivity contribution in [2.24, 2.45) is 0 Å². The lowest BCUT2D eigenvalue weighted by Gasteiger charge is -2.37. The first kappa shape index (κ1) is 13.2. The van der Waals surface area contributed by atoms with Crippen LogP contribution in [0.3, 0.4) is 0 Å². The summed E-state index contributed by atoms with van der Waals surface area (Å²) in [4.78, 5) is 4.41. The van der Waals surface area contributed by atoms with E-state index in [-0.39, 0.29) is 5.54 Å². The Hall–Kier alpha value is -0.280. The first-order chi connectivity index (χ1) is 8.17. The molecule has 0 spiro atoms. The summed E-state index contributed by atoms with van der Waals surface area (Å²) in [5.74, 6) is 1.57. The average molecular weight is 318 g/mol. The zero-order valence-electron chi connectivity index (χ0n) is 10.1. The second-order valence-electron chi connectivity index (χ2n) is 4.89. The molecule has 0 aliphatic heterocycles. The van der Waals surface area contributed by atoms with E-state index < -0.39 is 0 Å². The molecule has 1 fully saturated rings. The fourth-order valence-electron chi connectivity index (χ4n) is 2.40. The summed E-state index contributed by atoms with van der Waals surface area (Å²) < 4.78 is 1.05. The van der Waals surface area contributed by atoms with Crippen LogP contribution in [0.4, 0.5) is 5.82 Å². The summed E-state index contributed by atoms with van der Waals surface area (Å²) >= 11 is 9.77. The van der Waals surface area contributed by atoms with Crippen LogP contribution in [0.25, 0.3) is 0 Å². The third-order valence-corrected chi connectivity index (χ3v) is 5.04. The highest BCUT2D eigenvalue weighted by Gasteiger charge is 2.31. The molecule has 94 valence electrons. The van der Waals surface area contributed by atoms with Gasteiger partial charge in [0.2, 0.25) is 0 Å². The standard InChI is InChI=1S/C13H18BrClN2/c1-10-5-8-16-12(11(10)14)17-13(9-15)6-3-2-4-7-13/h5,8H,2-4,6-7,9H2,1H3,(H,16,17). The van der Waals surface area contributed by atoms with Crippen molar-refractivity contribution < 1.29 is 0 Å². The van der Waals surface area contributed by atoms with Gasteiger partial charge in [-0.2, -0.15) is 0 Å². The maximum Gasteiger partial charge on any atom is 0.141 e. The van der Waals surface area contributed by atoms with Crippen molar-refractivity contribution in [3.8, 4) is 0 Å². The van der Waals surface area contributed by atoms with E-state index in [1.807, 2.05) is 12.3 Å². The van der Waals surface area contributed by atoms with Gasteiger partial charge in [0.05, 0.1) is 10.0 Å². The van der Waals surface area contributed by atoms with E-state index in [9.17, 15) is 0 Å². The summed E-state index contributed by atoms with van der Waals surface area (Å²) in [6.07, 6.45) is 7.94. The molecule has 17 heavy (non-hydrogen) atoms. The van der Waals surface area contributed by atoms with Crippen LogP contribution in [0.15, 0.2) is 16.7 Å². The molecule has 1 aliphatic rings.